The van der Waals surface area contributed by atoms with E-state index in [2.05, 4.69) is 10.3 Å². The summed E-state index contributed by atoms with van der Waals surface area (Å²) in [5.41, 5.74) is 0. The van der Waals surface area contributed by atoms with Crippen molar-refractivity contribution in [3.63, 3.8) is 0 Å². The molecule has 18 heavy (non-hydrogen) atoms. The second kappa shape index (κ2) is 5.57. The lowest BCUT2D eigenvalue weighted by Gasteiger charge is -2.35. The zero-order chi connectivity index (χ0) is 13.2. The van der Waals surface area contributed by atoms with Crippen LogP contribution in [0.5, 0.6) is 0 Å². The molecule has 0 aromatic carbocycles. The summed E-state index contributed by atoms with van der Waals surface area (Å²) in [5, 5.41) is 5.80. The van der Waals surface area contributed by atoms with Gasteiger partial charge in [-0.15, -0.1) is 11.3 Å². The van der Waals surface area contributed by atoms with E-state index in [0.717, 1.165) is 11.4 Å². The first-order valence-electron chi connectivity index (χ1n) is 6.20. The van der Waals surface area contributed by atoms with Crippen molar-refractivity contribution in [2.45, 2.75) is 50.9 Å². The van der Waals surface area contributed by atoms with E-state index in [-0.39, 0.29) is 12.5 Å². The molecule has 1 N–H and O–H groups in total. The van der Waals surface area contributed by atoms with Gasteiger partial charge in [0, 0.05) is 17.6 Å². The molecular formula is C12H17F3N2S. The Morgan fingerprint density at radius 1 is 1.39 bits per heavy atom. The highest BCUT2D eigenvalue weighted by Crippen LogP contribution is 2.38. The first-order chi connectivity index (χ1) is 8.48. The Bertz CT molecular complexity index is 364. The maximum absolute atomic E-state index is 12.9. The van der Waals surface area contributed by atoms with Crippen LogP contribution in [-0.4, -0.2) is 17.2 Å². The normalized spacial score (nSPS) is 27.1. The Hall–Kier alpha value is -0.620. The van der Waals surface area contributed by atoms with Crippen LogP contribution in [-0.2, 0) is 0 Å². The van der Waals surface area contributed by atoms with Crippen LogP contribution in [0.3, 0.4) is 0 Å². The number of thiazole rings is 1. The molecule has 1 fully saturated rings. The predicted octanol–water partition coefficient (Wildman–Crippen LogP) is 3.91. The molecule has 3 unspecified atom stereocenters. The van der Waals surface area contributed by atoms with Gasteiger partial charge in [-0.1, -0.05) is 12.8 Å². The molecular weight excluding hydrogens is 261 g/mol. The van der Waals surface area contributed by atoms with Crippen LogP contribution in [0.4, 0.5) is 13.2 Å². The summed E-state index contributed by atoms with van der Waals surface area (Å²) in [4.78, 5) is 4.14. The largest absolute Gasteiger partial charge is 0.393 e. The van der Waals surface area contributed by atoms with Crippen molar-refractivity contribution in [3.8, 4) is 0 Å². The molecule has 1 aromatic heterocycles. The molecule has 2 rings (SSSR count). The monoisotopic (exact) mass is 278 g/mol. The number of aromatic nitrogens is 1. The molecule has 102 valence electrons. The van der Waals surface area contributed by atoms with Crippen molar-refractivity contribution in [1.29, 1.82) is 0 Å². The Balaban J connectivity index is 2.01. The molecule has 2 nitrogen and oxygen atoms in total. The second-order valence-corrected chi connectivity index (χ2v) is 5.72. The van der Waals surface area contributed by atoms with Gasteiger partial charge in [0.2, 0.25) is 0 Å². The van der Waals surface area contributed by atoms with Crippen molar-refractivity contribution in [2.75, 3.05) is 0 Å². The standard InChI is InChI=1S/C12H17F3N2S/c1-8(11-16-6-7-18-11)17-10-5-3-2-4-9(10)12(13,14)15/h6-10,17H,2-5H2,1H3. The van der Waals surface area contributed by atoms with E-state index in [1.807, 2.05) is 12.3 Å². The Kier molecular flexibility index (Phi) is 4.27. The molecule has 0 saturated heterocycles. The minimum absolute atomic E-state index is 0.113. The van der Waals surface area contributed by atoms with E-state index in [1.54, 1.807) is 6.20 Å². The zero-order valence-corrected chi connectivity index (χ0v) is 11.0. The number of hydrogen-bond donors (Lipinski definition) is 1. The van der Waals surface area contributed by atoms with Crippen LogP contribution in [0.25, 0.3) is 0 Å². The van der Waals surface area contributed by atoms with Gasteiger partial charge in [0.1, 0.15) is 5.01 Å². The molecule has 3 atom stereocenters. The molecule has 1 heterocycles. The van der Waals surface area contributed by atoms with Gasteiger partial charge in [0.25, 0.3) is 0 Å². The van der Waals surface area contributed by atoms with E-state index >= 15 is 0 Å². The zero-order valence-electron chi connectivity index (χ0n) is 10.2. The Morgan fingerprint density at radius 3 is 2.72 bits per heavy atom. The molecule has 1 saturated carbocycles. The highest BCUT2D eigenvalue weighted by atomic mass is 32.1. The maximum atomic E-state index is 12.9. The minimum Gasteiger partial charge on any atom is -0.305 e. The number of nitrogens with one attached hydrogen (secondary N) is 1. The lowest BCUT2D eigenvalue weighted by Crippen LogP contribution is -2.46. The molecule has 0 radical (unpaired) electrons. The number of rotatable bonds is 3. The third-order valence-corrected chi connectivity index (χ3v) is 4.43. The summed E-state index contributed by atoms with van der Waals surface area (Å²) in [6.07, 6.45) is -0.0323. The van der Waals surface area contributed by atoms with E-state index in [9.17, 15) is 13.2 Å². The number of halogens is 3. The van der Waals surface area contributed by atoms with E-state index in [4.69, 9.17) is 0 Å². The Labute approximate surface area is 109 Å². The Morgan fingerprint density at radius 2 is 2.11 bits per heavy atom. The third kappa shape index (κ3) is 3.23. The molecule has 1 aliphatic rings. The van der Waals surface area contributed by atoms with E-state index in [0.29, 0.717) is 12.8 Å². The minimum atomic E-state index is -4.10. The summed E-state index contributed by atoms with van der Waals surface area (Å²) in [7, 11) is 0. The summed E-state index contributed by atoms with van der Waals surface area (Å²) in [5.74, 6) is -1.21. The average Bonchev–Trinajstić information content (AvgIpc) is 2.81. The van der Waals surface area contributed by atoms with Crippen LogP contribution in [0.1, 0.15) is 43.7 Å². The molecule has 0 bridgehead atoms. The lowest BCUT2D eigenvalue weighted by atomic mass is 9.83. The highest BCUT2D eigenvalue weighted by Gasteiger charge is 2.45. The number of alkyl halides is 3. The molecule has 1 aliphatic carbocycles. The molecule has 6 heteroatoms. The first kappa shape index (κ1) is 13.8. The van der Waals surface area contributed by atoms with Gasteiger partial charge in [0.05, 0.1) is 12.0 Å². The van der Waals surface area contributed by atoms with E-state index < -0.39 is 18.1 Å². The van der Waals surface area contributed by atoms with Gasteiger partial charge >= 0.3 is 6.18 Å². The quantitative estimate of drug-likeness (QED) is 0.906. The van der Waals surface area contributed by atoms with Crippen LogP contribution in [0, 0.1) is 5.92 Å². The fraction of sp³-hybridized carbons (Fsp3) is 0.750. The lowest BCUT2D eigenvalue weighted by molar-refractivity contribution is -0.189. The summed E-state index contributed by atoms with van der Waals surface area (Å²) < 4.78 is 38.8. The second-order valence-electron chi connectivity index (χ2n) is 4.80. The van der Waals surface area contributed by atoms with Gasteiger partial charge in [-0.3, -0.25) is 0 Å². The van der Waals surface area contributed by atoms with Crippen LogP contribution in [0.2, 0.25) is 0 Å². The van der Waals surface area contributed by atoms with Crippen LogP contribution in [0.15, 0.2) is 11.6 Å². The van der Waals surface area contributed by atoms with Crippen molar-refractivity contribution >= 4 is 11.3 Å². The van der Waals surface area contributed by atoms with Crippen LogP contribution < -0.4 is 5.32 Å². The molecule has 0 spiro atoms. The summed E-state index contributed by atoms with van der Waals surface area (Å²) in [6, 6.07) is -0.587. The van der Waals surface area contributed by atoms with Gasteiger partial charge in [-0.25, -0.2) is 4.98 Å². The van der Waals surface area contributed by atoms with Crippen molar-refractivity contribution in [2.24, 2.45) is 5.92 Å². The fourth-order valence-corrected chi connectivity index (χ4v) is 3.22. The predicted molar refractivity (Wildman–Crippen MR) is 65.5 cm³/mol. The molecule has 1 aromatic rings. The molecule has 0 amide bonds. The number of hydrogen-bond acceptors (Lipinski definition) is 3. The first-order valence-corrected chi connectivity index (χ1v) is 7.08. The topological polar surface area (TPSA) is 24.9 Å². The van der Waals surface area contributed by atoms with Gasteiger partial charge in [-0.05, 0) is 19.8 Å². The van der Waals surface area contributed by atoms with Crippen molar-refractivity contribution < 1.29 is 13.2 Å². The smallest absolute Gasteiger partial charge is 0.305 e. The fourth-order valence-electron chi connectivity index (χ4n) is 2.56. The average molecular weight is 278 g/mol. The van der Waals surface area contributed by atoms with Gasteiger partial charge in [0.15, 0.2) is 0 Å². The van der Waals surface area contributed by atoms with Crippen molar-refractivity contribution in [3.05, 3.63) is 16.6 Å². The van der Waals surface area contributed by atoms with Gasteiger partial charge < -0.3 is 5.32 Å². The summed E-state index contributed by atoms with van der Waals surface area (Å²) >= 11 is 1.47. The third-order valence-electron chi connectivity index (χ3n) is 3.47. The SMILES string of the molecule is CC(NC1CCCCC1C(F)(F)F)c1nccs1. The summed E-state index contributed by atoms with van der Waals surface area (Å²) in [6.45, 7) is 1.88. The van der Waals surface area contributed by atoms with Crippen molar-refractivity contribution in [1.82, 2.24) is 10.3 Å². The maximum Gasteiger partial charge on any atom is 0.393 e. The highest BCUT2D eigenvalue weighted by molar-refractivity contribution is 7.09. The molecule has 0 aliphatic heterocycles. The number of nitrogens with zero attached hydrogens (tertiary/aromatic N) is 1. The van der Waals surface area contributed by atoms with Crippen LogP contribution >= 0.6 is 11.3 Å². The van der Waals surface area contributed by atoms with Gasteiger partial charge in [-0.2, -0.15) is 13.2 Å². The van der Waals surface area contributed by atoms with E-state index in [1.165, 1.54) is 11.3 Å².